The maximum Gasteiger partial charge on any atom is 0.294 e. The maximum atomic E-state index is 13.9. The second kappa shape index (κ2) is 4.10. The Hall–Kier alpha value is -1.80. The van der Waals surface area contributed by atoms with E-state index in [-0.39, 0.29) is 11.5 Å². The van der Waals surface area contributed by atoms with Crippen LogP contribution in [0.3, 0.4) is 0 Å². The lowest BCUT2D eigenvalue weighted by atomic mass is 10.2. The highest BCUT2D eigenvalue weighted by Gasteiger charge is 2.51. The number of nitrogens with zero attached hydrogens (tertiary/aromatic N) is 3. The first-order valence-corrected chi connectivity index (χ1v) is 5.74. The SMILES string of the molecule is Nc1ncnc2c1ccn2C1OC(CO)CC1(F)F. The molecule has 0 aromatic carbocycles. The Labute approximate surface area is 106 Å². The van der Waals surface area contributed by atoms with Crippen molar-refractivity contribution in [2.24, 2.45) is 0 Å². The van der Waals surface area contributed by atoms with Gasteiger partial charge in [0.2, 0.25) is 0 Å². The third-order valence-corrected chi connectivity index (χ3v) is 3.18. The smallest absolute Gasteiger partial charge is 0.294 e. The topological polar surface area (TPSA) is 86.2 Å². The molecular weight excluding hydrogens is 258 g/mol. The number of nitrogens with two attached hydrogens (primary N) is 1. The summed E-state index contributed by atoms with van der Waals surface area (Å²) in [4.78, 5) is 7.76. The monoisotopic (exact) mass is 270 g/mol. The molecule has 1 aliphatic rings. The number of aliphatic hydroxyl groups is 1. The molecule has 0 amide bonds. The number of alkyl halides is 2. The molecule has 3 heterocycles. The molecule has 0 radical (unpaired) electrons. The molecular formula is C11H12F2N4O2. The third kappa shape index (κ3) is 1.83. The molecule has 8 heteroatoms. The lowest BCUT2D eigenvalue weighted by Crippen LogP contribution is -2.25. The molecule has 19 heavy (non-hydrogen) atoms. The van der Waals surface area contributed by atoms with Gasteiger partial charge in [0.25, 0.3) is 5.92 Å². The Morgan fingerprint density at radius 3 is 3.00 bits per heavy atom. The first kappa shape index (κ1) is 12.2. The summed E-state index contributed by atoms with van der Waals surface area (Å²) in [6.45, 7) is -0.442. The van der Waals surface area contributed by atoms with Gasteiger partial charge in [-0.05, 0) is 6.07 Å². The summed E-state index contributed by atoms with van der Waals surface area (Å²) < 4.78 is 34.2. The van der Waals surface area contributed by atoms with Crippen LogP contribution in [0.4, 0.5) is 14.6 Å². The summed E-state index contributed by atoms with van der Waals surface area (Å²) in [5.74, 6) is -2.84. The van der Waals surface area contributed by atoms with Crippen LogP contribution in [0.25, 0.3) is 11.0 Å². The molecule has 1 saturated heterocycles. The molecule has 1 fully saturated rings. The van der Waals surface area contributed by atoms with Gasteiger partial charge in [0, 0.05) is 12.6 Å². The van der Waals surface area contributed by atoms with Gasteiger partial charge >= 0.3 is 0 Å². The minimum absolute atomic E-state index is 0.226. The van der Waals surface area contributed by atoms with Crippen molar-refractivity contribution >= 4 is 16.9 Å². The molecule has 0 saturated carbocycles. The van der Waals surface area contributed by atoms with Gasteiger partial charge in [-0.1, -0.05) is 0 Å². The number of anilines is 1. The highest BCUT2D eigenvalue weighted by atomic mass is 19.3. The standard InChI is InChI=1S/C11H12F2N4O2/c12-11(13)3-6(4-18)19-10(11)17-2-1-7-8(14)15-5-16-9(7)17/h1-2,5-6,10,18H,3-4H2,(H2,14,15,16). The van der Waals surface area contributed by atoms with Gasteiger partial charge in [-0.15, -0.1) is 0 Å². The van der Waals surface area contributed by atoms with Crippen LogP contribution in [-0.2, 0) is 4.74 Å². The third-order valence-electron chi connectivity index (χ3n) is 3.18. The van der Waals surface area contributed by atoms with Crippen molar-refractivity contribution in [3.63, 3.8) is 0 Å². The molecule has 0 spiro atoms. The Kier molecular flexibility index (Phi) is 2.64. The Balaban J connectivity index is 2.07. The quantitative estimate of drug-likeness (QED) is 0.847. The molecule has 3 rings (SSSR count). The van der Waals surface area contributed by atoms with E-state index >= 15 is 0 Å². The zero-order valence-corrected chi connectivity index (χ0v) is 9.83. The summed E-state index contributed by atoms with van der Waals surface area (Å²) >= 11 is 0. The zero-order valence-electron chi connectivity index (χ0n) is 9.83. The number of fused-ring (bicyclic) bond motifs is 1. The van der Waals surface area contributed by atoms with E-state index in [1.807, 2.05) is 0 Å². The Morgan fingerprint density at radius 2 is 2.32 bits per heavy atom. The number of halogens is 2. The van der Waals surface area contributed by atoms with Crippen molar-refractivity contribution in [1.82, 2.24) is 14.5 Å². The summed E-state index contributed by atoms with van der Waals surface area (Å²) in [5, 5.41) is 9.45. The average molecular weight is 270 g/mol. The van der Waals surface area contributed by atoms with Gasteiger partial charge < -0.3 is 20.1 Å². The second-order valence-corrected chi connectivity index (χ2v) is 4.48. The van der Waals surface area contributed by atoms with E-state index < -0.39 is 31.3 Å². The normalized spacial score (nSPS) is 26.1. The van der Waals surface area contributed by atoms with Crippen molar-refractivity contribution in [3.8, 4) is 0 Å². The molecule has 2 unspecified atom stereocenters. The molecule has 0 bridgehead atoms. The van der Waals surface area contributed by atoms with Crippen LogP contribution in [0.15, 0.2) is 18.6 Å². The van der Waals surface area contributed by atoms with Gasteiger partial charge in [0.05, 0.1) is 18.1 Å². The van der Waals surface area contributed by atoms with Gasteiger partial charge in [-0.3, -0.25) is 0 Å². The largest absolute Gasteiger partial charge is 0.394 e. The summed E-state index contributed by atoms with van der Waals surface area (Å²) in [6, 6.07) is 1.57. The highest BCUT2D eigenvalue weighted by molar-refractivity contribution is 5.86. The summed E-state index contributed by atoms with van der Waals surface area (Å²) in [6.07, 6.45) is -0.235. The van der Waals surface area contributed by atoms with Crippen molar-refractivity contribution in [3.05, 3.63) is 18.6 Å². The first-order valence-electron chi connectivity index (χ1n) is 5.74. The molecule has 6 nitrogen and oxygen atoms in total. The van der Waals surface area contributed by atoms with Gasteiger partial charge in [0.15, 0.2) is 6.23 Å². The Bertz CT molecular complexity index is 616. The van der Waals surface area contributed by atoms with E-state index in [4.69, 9.17) is 15.6 Å². The average Bonchev–Trinajstić information content (AvgIpc) is 2.90. The summed E-state index contributed by atoms with van der Waals surface area (Å²) in [5.41, 5.74) is 5.94. The maximum absolute atomic E-state index is 13.9. The minimum Gasteiger partial charge on any atom is -0.394 e. The van der Waals surface area contributed by atoms with Crippen molar-refractivity contribution < 1.29 is 18.6 Å². The van der Waals surface area contributed by atoms with E-state index in [1.165, 1.54) is 17.1 Å². The van der Waals surface area contributed by atoms with Gasteiger partial charge in [-0.2, -0.15) is 0 Å². The van der Waals surface area contributed by atoms with Crippen LogP contribution in [-0.4, -0.2) is 38.3 Å². The number of aliphatic hydroxyl groups excluding tert-OH is 1. The number of rotatable bonds is 2. The first-order chi connectivity index (χ1) is 9.03. The molecule has 2 aromatic rings. The number of hydrogen-bond acceptors (Lipinski definition) is 5. The van der Waals surface area contributed by atoms with Crippen LogP contribution in [0.1, 0.15) is 12.6 Å². The number of nitrogen functional groups attached to an aromatic ring is 1. The lowest BCUT2D eigenvalue weighted by molar-refractivity contribution is -0.116. The highest BCUT2D eigenvalue weighted by Crippen LogP contribution is 2.43. The molecule has 2 aromatic heterocycles. The predicted octanol–water partition coefficient (Wildman–Crippen LogP) is 0.929. The lowest BCUT2D eigenvalue weighted by Gasteiger charge is -2.19. The van der Waals surface area contributed by atoms with Gasteiger partial charge in [0.1, 0.15) is 17.8 Å². The van der Waals surface area contributed by atoms with E-state index in [0.29, 0.717) is 5.39 Å². The predicted molar refractivity (Wildman–Crippen MR) is 62.5 cm³/mol. The van der Waals surface area contributed by atoms with Crippen LogP contribution >= 0.6 is 0 Å². The fourth-order valence-electron chi connectivity index (χ4n) is 2.29. The summed E-state index contributed by atoms with van der Waals surface area (Å²) in [7, 11) is 0. The van der Waals surface area contributed by atoms with E-state index in [2.05, 4.69) is 9.97 Å². The molecule has 3 N–H and O–H groups in total. The zero-order chi connectivity index (χ0) is 13.6. The molecule has 2 atom stereocenters. The van der Waals surface area contributed by atoms with E-state index in [0.717, 1.165) is 0 Å². The van der Waals surface area contributed by atoms with Crippen molar-refractivity contribution in [2.45, 2.75) is 24.7 Å². The molecule has 1 aliphatic heterocycles. The molecule has 102 valence electrons. The van der Waals surface area contributed by atoms with E-state index in [1.54, 1.807) is 6.07 Å². The second-order valence-electron chi connectivity index (χ2n) is 4.48. The number of hydrogen-bond donors (Lipinski definition) is 2. The Morgan fingerprint density at radius 1 is 1.53 bits per heavy atom. The van der Waals surface area contributed by atoms with Crippen molar-refractivity contribution in [1.29, 1.82) is 0 Å². The number of ether oxygens (including phenoxy) is 1. The number of aromatic nitrogens is 3. The van der Waals surface area contributed by atoms with E-state index in [9.17, 15) is 8.78 Å². The van der Waals surface area contributed by atoms with Gasteiger partial charge in [-0.25, -0.2) is 18.7 Å². The van der Waals surface area contributed by atoms with Crippen LogP contribution < -0.4 is 5.73 Å². The molecule has 0 aliphatic carbocycles. The van der Waals surface area contributed by atoms with Crippen LogP contribution in [0.5, 0.6) is 0 Å². The fraction of sp³-hybridized carbons (Fsp3) is 0.455. The van der Waals surface area contributed by atoms with Crippen LogP contribution in [0, 0.1) is 0 Å². The van der Waals surface area contributed by atoms with Crippen molar-refractivity contribution in [2.75, 3.05) is 12.3 Å². The minimum atomic E-state index is -3.07. The van der Waals surface area contributed by atoms with Crippen LogP contribution in [0.2, 0.25) is 0 Å². The fourth-order valence-corrected chi connectivity index (χ4v) is 2.29.